The van der Waals surface area contributed by atoms with E-state index < -0.39 is 16.4 Å². The maximum absolute atomic E-state index is 13.6. The number of rotatable bonds is 5. The second kappa shape index (κ2) is 6.90. The number of methoxy groups -OCH3 is 1. The molecule has 0 aromatic rings. The Morgan fingerprint density at radius 1 is 1.03 bits per heavy atom. The van der Waals surface area contributed by atoms with Crippen LogP contribution < -0.4 is 0 Å². The zero-order valence-electron chi connectivity index (χ0n) is 18.6. The van der Waals surface area contributed by atoms with Crippen molar-refractivity contribution in [3.8, 4) is 0 Å². The Kier molecular flexibility index (Phi) is 5.00. The summed E-state index contributed by atoms with van der Waals surface area (Å²) in [6.45, 7) is 7.88. The molecule has 5 saturated carbocycles. The van der Waals surface area contributed by atoms with Gasteiger partial charge in [-0.1, -0.05) is 13.3 Å². The van der Waals surface area contributed by atoms with Crippen molar-refractivity contribution in [1.29, 1.82) is 0 Å². The average Bonchev–Trinajstić information content (AvgIpc) is 2.64. The number of Topliss-reactive ketones (excluding diaryl/α,β-unsaturated/α-hetero) is 2. The van der Waals surface area contributed by atoms with Gasteiger partial charge in [0.2, 0.25) is 0 Å². The zero-order valence-corrected chi connectivity index (χ0v) is 18.6. The lowest BCUT2D eigenvalue weighted by molar-refractivity contribution is -0.201. The number of carbonyl (C=O) groups excluding carboxylic acids is 3. The molecule has 29 heavy (non-hydrogen) atoms. The van der Waals surface area contributed by atoms with Gasteiger partial charge < -0.3 is 9.47 Å². The van der Waals surface area contributed by atoms with E-state index in [9.17, 15) is 14.4 Å². The molecular weight excluding hydrogens is 368 g/mol. The lowest BCUT2D eigenvalue weighted by Gasteiger charge is -2.59. The van der Waals surface area contributed by atoms with Gasteiger partial charge in [0.25, 0.3) is 0 Å². The van der Waals surface area contributed by atoms with Crippen molar-refractivity contribution in [2.24, 2.45) is 34.5 Å². The second-order valence-corrected chi connectivity index (χ2v) is 11.2. The van der Waals surface area contributed by atoms with Gasteiger partial charge in [0.05, 0.1) is 11.5 Å². The number of ketones is 2. The molecule has 0 spiro atoms. The molecule has 0 saturated heterocycles. The van der Waals surface area contributed by atoms with Gasteiger partial charge in [-0.05, 0) is 71.6 Å². The quantitative estimate of drug-likeness (QED) is 0.645. The fraction of sp³-hybridized carbons (Fsp3) is 0.875. The van der Waals surface area contributed by atoms with Crippen LogP contribution in [0.3, 0.4) is 0 Å². The van der Waals surface area contributed by atoms with Crippen molar-refractivity contribution in [1.82, 2.24) is 0 Å². The number of hydrogen-bond donors (Lipinski definition) is 0. The SMILES string of the molecule is COC1CC(C)CCC1C(C)(C)OC(=O)C12CC3CC(C(C)=O)(CC(C1)C3=O)C2. The average molecular weight is 405 g/mol. The van der Waals surface area contributed by atoms with Crippen molar-refractivity contribution >= 4 is 17.5 Å². The maximum Gasteiger partial charge on any atom is 0.312 e. The van der Waals surface area contributed by atoms with Gasteiger partial charge in [-0.15, -0.1) is 0 Å². The third-order valence-electron chi connectivity index (χ3n) is 8.82. The molecule has 0 N–H and O–H groups in total. The van der Waals surface area contributed by atoms with Gasteiger partial charge in [-0.3, -0.25) is 14.4 Å². The normalized spacial score (nSPS) is 44.0. The highest BCUT2D eigenvalue weighted by Crippen LogP contribution is 2.65. The number of carbonyl (C=O) groups is 3. The smallest absolute Gasteiger partial charge is 0.312 e. The van der Waals surface area contributed by atoms with Crippen molar-refractivity contribution in [2.75, 3.05) is 7.11 Å². The van der Waals surface area contributed by atoms with Gasteiger partial charge in [0.15, 0.2) is 0 Å². The Morgan fingerprint density at radius 3 is 2.17 bits per heavy atom. The summed E-state index contributed by atoms with van der Waals surface area (Å²) in [5.74, 6) is 0.679. The summed E-state index contributed by atoms with van der Waals surface area (Å²) in [7, 11) is 1.74. The molecule has 5 aliphatic carbocycles. The minimum absolute atomic E-state index is 0.0862. The molecule has 0 radical (unpaired) electrons. The minimum Gasteiger partial charge on any atom is -0.459 e. The molecule has 5 nitrogen and oxygen atoms in total. The summed E-state index contributed by atoms with van der Waals surface area (Å²) in [4.78, 5) is 38.8. The molecule has 5 rings (SSSR count). The monoisotopic (exact) mass is 404 g/mol. The van der Waals surface area contributed by atoms with E-state index in [2.05, 4.69) is 6.92 Å². The first-order valence-corrected chi connectivity index (χ1v) is 11.3. The standard InChI is InChI=1S/C24H36O5/c1-14-6-7-18(19(8-14)28-5)22(3,4)29-21(27)24-11-16-9-23(13-24,15(2)25)10-17(12-24)20(16)26/h14,16-19H,6-13H2,1-5H3. The molecule has 162 valence electrons. The van der Waals surface area contributed by atoms with Crippen LogP contribution in [-0.2, 0) is 23.9 Å². The summed E-state index contributed by atoms with van der Waals surface area (Å²) >= 11 is 0. The predicted octanol–water partition coefficient (Wildman–Crippen LogP) is 4.11. The molecule has 0 aromatic carbocycles. The number of esters is 1. The first kappa shape index (κ1) is 21.0. The highest BCUT2D eigenvalue weighted by molar-refractivity contribution is 5.94. The van der Waals surface area contributed by atoms with Crippen LogP contribution in [0.25, 0.3) is 0 Å². The van der Waals surface area contributed by atoms with E-state index >= 15 is 0 Å². The van der Waals surface area contributed by atoms with Crippen LogP contribution in [0.5, 0.6) is 0 Å². The fourth-order valence-corrected chi connectivity index (χ4v) is 7.33. The van der Waals surface area contributed by atoms with E-state index in [-0.39, 0.29) is 41.4 Å². The Balaban J connectivity index is 1.56. The first-order valence-electron chi connectivity index (χ1n) is 11.3. The van der Waals surface area contributed by atoms with Crippen LogP contribution in [-0.4, -0.2) is 36.4 Å². The van der Waals surface area contributed by atoms with Crippen molar-refractivity contribution in [3.05, 3.63) is 0 Å². The largest absolute Gasteiger partial charge is 0.459 e. The van der Waals surface area contributed by atoms with E-state index in [1.54, 1.807) is 14.0 Å². The summed E-state index contributed by atoms with van der Waals surface area (Å²) < 4.78 is 12.0. The Bertz CT molecular complexity index is 705. The Hall–Kier alpha value is -1.23. The van der Waals surface area contributed by atoms with Crippen LogP contribution in [0, 0.1) is 34.5 Å². The van der Waals surface area contributed by atoms with Crippen LogP contribution in [0.15, 0.2) is 0 Å². The molecule has 5 heteroatoms. The van der Waals surface area contributed by atoms with Crippen LogP contribution in [0.4, 0.5) is 0 Å². The molecular formula is C24H36O5. The lowest BCUT2D eigenvalue weighted by Crippen LogP contribution is -2.62. The van der Waals surface area contributed by atoms with Gasteiger partial charge in [0.1, 0.15) is 17.2 Å². The van der Waals surface area contributed by atoms with Gasteiger partial charge in [-0.2, -0.15) is 0 Å². The number of hydrogen-bond acceptors (Lipinski definition) is 5. The Labute approximate surface area is 174 Å². The van der Waals surface area contributed by atoms with Crippen LogP contribution >= 0.6 is 0 Å². The Morgan fingerprint density at radius 2 is 1.62 bits per heavy atom. The molecule has 5 fully saturated rings. The molecule has 5 atom stereocenters. The summed E-state index contributed by atoms with van der Waals surface area (Å²) in [6.07, 6.45) is 6.09. The summed E-state index contributed by atoms with van der Waals surface area (Å²) in [5, 5.41) is 0. The van der Waals surface area contributed by atoms with Gasteiger partial charge >= 0.3 is 5.97 Å². The highest BCUT2D eigenvalue weighted by atomic mass is 16.6. The summed E-state index contributed by atoms with van der Waals surface area (Å²) in [6, 6.07) is 0. The van der Waals surface area contributed by atoms with Crippen LogP contribution in [0.1, 0.15) is 79.1 Å². The summed E-state index contributed by atoms with van der Waals surface area (Å²) in [5.41, 5.74) is -1.81. The van der Waals surface area contributed by atoms with E-state index in [1.807, 2.05) is 13.8 Å². The molecule has 4 bridgehead atoms. The third kappa shape index (κ3) is 3.28. The van der Waals surface area contributed by atoms with Gasteiger partial charge in [-0.25, -0.2) is 0 Å². The molecule has 5 unspecified atom stereocenters. The molecule has 0 aromatic heterocycles. The molecule has 5 aliphatic rings. The van der Waals surface area contributed by atoms with E-state index in [0.29, 0.717) is 38.0 Å². The fourth-order valence-electron chi connectivity index (χ4n) is 7.33. The third-order valence-corrected chi connectivity index (χ3v) is 8.82. The zero-order chi connectivity index (χ0) is 21.2. The first-order chi connectivity index (χ1) is 13.5. The van der Waals surface area contributed by atoms with E-state index in [0.717, 1.165) is 19.3 Å². The second-order valence-electron chi connectivity index (χ2n) is 11.2. The molecule has 0 aliphatic heterocycles. The molecule has 0 amide bonds. The van der Waals surface area contributed by atoms with Crippen LogP contribution in [0.2, 0.25) is 0 Å². The van der Waals surface area contributed by atoms with Crippen molar-refractivity contribution < 1.29 is 23.9 Å². The van der Waals surface area contributed by atoms with Crippen molar-refractivity contribution in [3.63, 3.8) is 0 Å². The molecule has 0 heterocycles. The van der Waals surface area contributed by atoms with Gasteiger partial charge in [0, 0.05) is 30.3 Å². The van der Waals surface area contributed by atoms with E-state index in [4.69, 9.17) is 9.47 Å². The highest BCUT2D eigenvalue weighted by Gasteiger charge is 2.66. The van der Waals surface area contributed by atoms with E-state index in [1.165, 1.54) is 0 Å². The predicted molar refractivity (Wildman–Crippen MR) is 108 cm³/mol. The topological polar surface area (TPSA) is 69.7 Å². The lowest BCUT2D eigenvalue weighted by atomic mass is 9.43. The number of ether oxygens (including phenoxy) is 2. The minimum atomic E-state index is -0.673. The maximum atomic E-state index is 13.6. The van der Waals surface area contributed by atoms with Crippen molar-refractivity contribution in [2.45, 2.75) is 90.8 Å².